The molecule has 6 heteroatoms. The first kappa shape index (κ1) is 14.8. The summed E-state index contributed by atoms with van der Waals surface area (Å²) in [6.07, 6.45) is 2.66. The predicted octanol–water partition coefficient (Wildman–Crippen LogP) is 2.85. The first-order valence-electron chi connectivity index (χ1n) is 7.28. The zero-order valence-electron chi connectivity index (χ0n) is 13.1. The highest BCUT2D eigenvalue weighted by molar-refractivity contribution is 7.16. The van der Waals surface area contributed by atoms with Gasteiger partial charge in [0.05, 0.1) is 12.1 Å². The van der Waals surface area contributed by atoms with Gasteiger partial charge in [0.2, 0.25) is 0 Å². The van der Waals surface area contributed by atoms with E-state index in [1.165, 1.54) is 16.2 Å². The molecule has 0 atom stereocenters. The highest BCUT2D eigenvalue weighted by Crippen LogP contribution is 2.35. The maximum Gasteiger partial charge on any atom is 0.135 e. The van der Waals surface area contributed by atoms with E-state index in [-0.39, 0.29) is 5.41 Å². The monoisotopic (exact) mass is 313 g/mol. The van der Waals surface area contributed by atoms with Crippen molar-refractivity contribution in [2.24, 2.45) is 0 Å². The number of nitrogens with zero attached hydrogens (tertiary/aromatic N) is 4. The summed E-state index contributed by atoms with van der Waals surface area (Å²) in [6.45, 7) is 7.93. The van der Waals surface area contributed by atoms with Gasteiger partial charge in [-0.2, -0.15) is 5.26 Å². The Morgan fingerprint density at radius 3 is 2.86 bits per heavy atom. The van der Waals surface area contributed by atoms with Crippen molar-refractivity contribution in [2.45, 2.75) is 39.2 Å². The van der Waals surface area contributed by atoms with Crippen molar-refractivity contribution in [3.63, 3.8) is 0 Å². The van der Waals surface area contributed by atoms with Crippen LogP contribution < -0.4 is 10.6 Å². The molecule has 0 spiro atoms. The number of hydrogen-bond donors (Lipinski definition) is 1. The lowest BCUT2D eigenvalue weighted by Crippen LogP contribution is -2.31. The Hall–Kier alpha value is -2.13. The normalized spacial score (nSPS) is 14.5. The minimum absolute atomic E-state index is 0.0711. The molecule has 22 heavy (non-hydrogen) atoms. The third kappa shape index (κ3) is 2.53. The molecular weight excluding hydrogens is 294 g/mol. The first-order chi connectivity index (χ1) is 10.4. The second kappa shape index (κ2) is 5.25. The number of thiophene rings is 1. The summed E-state index contributed by atoms with van der Waals surface area (Å²) in [7, 11) is 0. The van der Waals surface area contributed by atoms with E-state index < -0.39 is 0 Å². The van der Waals surface area contributed by atoms with Crippen LogP contribution in [-0.2, 0) is 18.4 Å². The fourth-order valence-electron chi connectivity index (χ4n) is 2.63. The number of nitrogens with two attached hydrogens (primary N) is 1. The van der Waals surface area contributed by atoms with Crippen LogP contribution in [0.25, 0.3) is 0 Å². The minimum atomic E-state index is -0.0711. The number of aromatic nitrogens is 2. The van der Waals surface area contributed by atoms with Gasteiger partial charge < -0.3 is 10.6 Å². The molecule has 3 heterocycles. The fraction of sp³-hybridized carbons (Fsp3) is 0.438. The molecule has 0 bridgehead atoms. The van der Waals surface area contributed by atoms with Crippen LogP contribution in [0.5, 0.6) is 0 Å². The van der Waals surface area contributed by atoms with Crippen LogP contribution in [0.3, 0.4) is 0 Å². The summed E-state index contributed by atoms with van der Waals surface area (Å²) >= 11 is 1.52. The van der Waals surface area contributed by atoms with Crippen molar-refractivity contribution in [2.75, 3.05) is 17.2 Å². The zero-order valence-corrected chi connectivity index (χ0v) is 13.9. The molecule has 0 aromatic carbocycles. The van der Waals surface area contributed by atoms with Gasteiger partial charge in [-0.1, -0.05) is 20.8 Å². The van der Waals surface area contributed by atoms with Crippen LogP contribution in [0.15, 0.2) is 12.3 Å². The molecule has 0 unspecified atom stereocenters. The number of rotatable bonds is 1. The lowest BCUT2D eigenvalue weighted by Gasteiger charge is -2.29. The molecule has 0 amide bonds. The highest BCUT2D eigenvalue weighted by Gasteiger charge is 2.25. The van der Waals surface area contributed by atoms with Gasteiger partial charge in [-0.15, -0.1) is 11.3 Å². The molecule has 3 rings (SSSR count). The Balaban J connectivity index is 1.91. The van der Waals surface area contributed by atoms with E-state index >= 15 is 0 Å². The van der Waals surface area contributed by atoms with Crippen molar-refractivity contribution in [3.05, 3.63) is 34.1 Å². The maximum absolute atomic E-state index is 9.21. The third-order valence-electron chi connectivity index (χ3n) is 3.83. The van der Waals surface area contributed by atoms with Gasteiger partial charge in [0, 0.05) is 23.0 Å². The highest BCUT2D eigenvalue weighted by atomic mass is 32.1. The Morgan fingerprint density at radius 1 is 1.41 bits per heavy atom. The van der Waals surface area contributed by atoms with Gasteiger partial charge >= 0.3 is 0 Å². The molecular formula is C16H19N5S. The average molecular weight is 313 g/mol. The van der Waals surface area contributed by atoms with E-state index in [9.17, 15) is 5.26 Å². The van der Waals surface area contributed by atoms with Crippen LogP contribution in [0, 0.1) is 11.3 Å². The number of anilines is 2. The number of fused-ring (bicyclic) bond motifs is 1. The van der Waals surface area contributed by atoms with Gasteiger partial charge in [-0.3, -0.25) is 0 Å². The van der Waals surface area contributed by atoms with E-state index in [2.05, 4.69) is 36.7 Å². The molecule has 114 valence electrons. The van der Waals surface area contributed by atoms with E-state index in [0.29, 0.717) is 10.6 Å². The summed E-state index contributed by atoms with van der Waals surface area (Å²) < 4.78 is 0. The SMILES string of the molecule is CC(C)(C)c1nccc(N2CCc3c(sc(N)c3C#N)C2)n1. The van der Waals surface area contributed by atoms with Gasteiger partial charge in [-0.05, 0) is 18.1 Å². The smallest absolute Gasteiger partial charge is 0.135 e. The van der Waals surface area contributed by atoms with Crippen LogP contribution in [0.2, 0.25) is 0 Å². The average Bonchev–Trinajstić information content (AvgIpc) is 2.80. The van der Waals surface area contributed by atoms with Gasteiger partial charge in [0.25, 0.3) is 0 Å². The van der Waals surface area contributed by atoms with Crippen molar-refractivity contribution in [1.82, 2.24) is 9.97 Å². The Morgan fingerprint density at radius 2 is 2.18 bits per heavy atom. The molecule has 1 aliphatic heterocycles. The lowest BCUT2D eigenvalue weighted by atomic mass is 9.96. The van der Waals surface area contributed by atoms with E-state index in [0.717, 1.165) is 36.7 Å². The molecule has 1 aliphatic rings. The molecule has 0 fully saturated rings. The Bertz CT molecular complexity index is 751. The summed E-state index contributed by atoms with van der Waals surface area (Å²) in [5, 5.41) is 9.85. The summed E-state index contributed by atoms with van der Waals surface area (Å²) in [5.74, 6) is 1.79. The second-order valence-electron chi connectivity index (χ2n) is 6.51. The number of nitrogen functional groups attached to an aromatic ring is 1. The van der Waals surface area contributed by atoms with Crippen LogP contribution >= 0.6 is 11.3 Å². The number of hydrogen-bond acceptors (Lipinski definition) is 6. The molecule has 5 nitrogen and oxygen atoms in total. The fourth-order valence-corrected chi connectivity index (χ4v) is 3.71. The second-order valence-corrected chi connectivity index (χ2v) is 7.65. The number of nitriles is 1. The van der Waals surface area contributed by atoms with Gasteiger partial charge in [-0.25, -0.2) is 9.97 Å². The molecule has 2 aromatic rings. The van der Waals surface area contributed by atoms with Crippen molar-refractivity contribution >= 4 is 22.2 Å². The van der Waals surface area contributed by atoms with Crippen LogP contribution in [0.4, 0.5) is 10.8 Å². The molecule has 0 aliphatic carbocycles. The largest absolute Gasteiger partial charge is 0.389 e. The summed E-state index contributed by atoms with van der Waals surface area (Å²) in [6, 6.07) is 4.18. The summed E-state index contributed by atoms with van der Waals surface area (Å²) in [5.41, 5.74) is 7.66. The van der Waals surface area contributed by atoms with E-state index in [1.807, 2.05) is 12.3 Å². The topological polar surface area (TPSA) is 78.8 Å². The Kier molecular flexibility index (Phi) is 3.53. The van der Waals surface area contributed by atoms with Crippen molar-refractivity contribution in [1.29, 1.82) is 5.26 Å². The maximum atomic E-state index is 9.21. The summed E-state index contributed by atoms with van der Waals surface area (Å²) in [4.78, 5) is 12.5. The standard InChI is InChI=1S/C16H19N5S/c1-16(2,3)15-19-6-4-13(20-15)21-7-5-10-11(8-17)14(18)22-12(10)9-21/h4,6H,5,7,9,18H2,1-3H3. The van der Waals surface area contributed by atoms with E-state index in [1.54, 1.807) is 0 Å². The first-order valence-corrected chi connectivity index (χ1v) is 8.10. The minimum Gasteiger partial charge on any atom is -0.389 e. The van der Waals surface area contributed by atoms with Crippen molar-refractivity contribution in [3.8, 4) is 6.07 Å². The molecule has 2 N–H and O–H groups in total. The van der Waals surface area contributed by atoms with Crippen molar-refractivity contribution < 1.29 is 0 Å². The Labute approximate surface area is 134 Å². The molecule has 0 saturated carbocycles. The van der Waals surface area contributed by atoms with Gasteiger partial charge in [0.1, 0.15) is 22.7 Å². The molecule has 0 saturated heterocycles. The molecule has 2 aromatic heterocycles. The van der Waals surface area contributed by atoms with E-state index in [4.69, 9.17) is 10.7 Å². The van der Waals surface area contributed by atoms with Crippen LogP contribution in [-0.4, -0.2) is 16.5 Å². The predicted molar refractivity (Wildman–Crippen MR) is 88.9 cm³/mol. The quantitative estimate of drug-likeness (QED) is 0.875. The zero-order chi connectivity index (χ0) is 15.9. The third-order valence-corrected chi connectivity index (χ3v) is 4.88. The van der Waals surface area contributed by atoms with Crippen LogP contribution in [0.1, 0.15) is 42.6 Å². The molecule has 0 radical (unpaired) electrons. The van der Waals surface area contributed by atoms with Gasteiger partial charge in [0.15, 0.2) is 0 Å². The lowest BCUT2D eigenvalue weighted by molar-refractivity contribution is 0.543.